The van der Waals surface area contributed by atoms with Crippen LogP contribution in [0.4, 0.5) is 27.6 Å². The van der Waals surface area contributed by atoms with Gasteiger partial charge in [0.15, 0.2) is 0 Å². The van der Waals surface area contributed by atoms with Crippen LogP contribution in [0.2, 0.25) is 5.02 Å². The standard InChI is InChI=1S/C22H17ClF5N3O4S/c23-16-10-15(3-4-17(16)24)31(20(32)12-5-7-36(33,34)8-6-12)11-14-2-1-13(9-18(14)25)19-29-30-21(35-19)22(26,27)28/h1-4,9-10,12H,5-8,11H2. The van der Waals surface area contributed by atoms with Gasteiger partial charge >= 0.3 is 12.1 Å². The molecule has 0 atom stereocenters. The number of carbonyl (C=O) groups is 1. The number of aromatic nitrogens is 2. The fourth-order valence-corrected chi connectivity index (χ4v) is 5.41. The third-order valence-electron chi connectivity index (χ3n) is 5.68. The Bertz CT molecular complexity index is 1400. The maximum atomic E-state index is 15.0. The molecular weight excluding hydrogens is 533 g/mol. The van der Waals surface area contributed by atoms with Crippen molar-refractivity contribution in [1.82, 2.24) is 10.2 Å². The van der Waals surface area contributed by atoms with Gasteiger partial charge in [-0.1, -0.05) is 17.7 Å². The van der Waals surface area contributed by atoms with E-state index in [1.54, 1.807) is 0 Å². The van der Waals surface area contributed by atoms with Gasteiger partial charge in [0.05, 0.1) is 23.1 Å². The fourth-order valence-electron chi connectivity index (χ4n) is 3.74. The first-order chi connectivity index (χ1) is 16.8. The SMILES string of the molecule is O=C(C1CCS(=O)(=O)CC1)N(Cc1ccc(-c2nnc(C(F)(F)F)o2)cc1F)c1ccc(F)c(Cl)c1. The lowest BCUT2D eigenvalue weighted by Crippen LogP contribution is -2.39. The molecule has 1 saturated heterocycles. The summed E-state index contributed by atoms with van der Waals surface area (Å²) in [5.41, 5.74) is 0.0287. The van der Waals surface area contributed by atoms with Crippen molar-refractivity contribution >= 4 is 33.0 Å². The van der Waals surface area contributed by atoms with Gasteiger partial charge in [-0.05, 0) is 43.2 Å². The van der Waals surface area contributed by atoms with E-state index in [9.17, 15) is 35.2 Å². The number of anilines is 1. The van der Waals surface area contributed by atoms with E-state index in [0.29, 0.717) is 0 Å². The smallest absolute Gasteiger partial charge is 0.413 e. The lowest BCUT2D eigenvalue weighted by Gasteiger charge is -2.30. The van der Waals surface area contributed by atoms with Crippen molar-refractivity contribution in [3.8, 4) is 11.5 Å². The number of alkyl halides is 3. The van der Waals surface area contributed by atoms with Gasteiger partial charge in [0.1, 0.15) is 21.5 Å². The zero-order valence-corrected chi connectivity index (χ0v) is 19.8. The lowest BCUT2D eigenvalue weighted by molar-refractivity contribution is -0.157. The lowest BCUT2D eigenvalue weighted by atomic mass is 10.00. The Morgan fingerprint density at radius 3 is 2.33 bits per heavy atom. The predicted octanol–water partition coefficient (Wildman–Crippen LogP) is 5.05. The van der Waals surface area contributed by atoms with Crippen LogP contribution in [0, 0.1) is 17.6 Å². The highest BCUT2D eigenvalue weighted by atomic mass is 35.5. The summed E-state index contributed by atoms with van der Waals surface area (Å²) in [5.74, 6) is -5.25. The van der Waals surface area contributed by atoms with Crippen LogP contribution in [0.3, 0.4) is 0 Å². The molecule has 0 N–H and O–H groups in total. The normalized spacial score (nSPS) is 16.2. The average molecular weight is 550 g/mol. The van der Waals surface area contributed by atoms with E-state index in [1.807, 2.05) is 0 Å². The van der Waals surface area contributed by atoms with Gasteiger partial charge in [-0.3, -0.25) is 4.79 Å². The molecule has 0 radical (unpaired) electrons. The van der Waals surface area contributed by atoms with Crippen molar-refractivity contribution in [2.45, 2.75) is 25.6 Å². The van der Waals surface area contributed by atoms with Crippen molar-refractivity contribution < 1.29 is 39.6 Å². The second-order valence-corrected chi connectivity index (χ2v) is 10.9. The highest BCUT2D eigenvalue weighted by Gasteiger charge is 2.38. The van der Waals surface area contributed by atoms with Crippen LogP contribution in [0.25, 0.3) is 11.5 Å². The molecule has 1 aromatic heterocycles. The molecule has 1 amide bonds. The van der Waals surface area contributed by atoms with Crippen LogP contribution >= 0.6 is 11.6 Å². The van der Waals surface area contributed by atoms with Crippen LogP contribution in [0.5, 0.6) is 0 Å². The Hall–Kier alpha value is -3.06. The van der Waals surface area contributed by atoms with E-state index in [1.165, 1.54) is 29.2 Å². The van der Waals surface area contributed by atoms with Crippen molar-refractivity contribution in [2.24, 2.45) is 5.92 Å². The average Bonchev–Trinajstić information content (AvgIpc) is 3.31. The summed E-state index contributed by atoms with van der Waals surface area (Å²) in [6, 6.07) is 6.88. The zero-order chi connectivity index (χ0) is 26.3. The van der Waals surface area contributed by atoms with Crippen LogP contribution < -0.4 is 4.90 Å². The quantitative estimate of drug-likeness (QED) is 0.414. The summed E-state index contributed by atoms with van der Waals surface area (Å²) >= 11 is 5.87. The topological polar surface area (TPSA) is 93.4 Å². The van der Waals surface area contributed by atoms with Crippen molar-refractivity contribution in [1.29, 1.82) is 0 Å². The second-order valence-electron chi connectivity index (χ2n) is 8.17. The summed E-state index contributed by atoms with van der Waals surface area (Å²) in [7, 11) is -3.25. The third kappa shape index (κ3) is 5.67. The summed E-state index contributed by atoms with van der Waals surface area (Å²) in [5, 5.41) is 5.91. The first-order valence-corrected chi connectivity index (χ1v) is 12.7. The predicted molar refractivity (Wildman–Crippen MR) is 119 cm³/mol. The summed E-state index contributed by atoms with van der Waals surface area (Å²) < 4.78 is 95.0. The first-order valence-electron chi connectivity index (χ1n) is 10.5. The van der Waals surface area contributed by atoms with Gasteiger partial charge in [0, 0.05) is 22.7 Å². The molecule has 1 aliphatic heterocycles. The number of sulfone groups is 1. The van der Waals surface area contributed by atoms with E-state index >= 15 is 0 Å². The minimum absolute atomic E-state index is 0.0217. The summed E-state index contributed by atoms with van der Waals surface area (Å²) in [4.78, 5) is 14.5. The Kier molecular flexibility index (Phi) is 7.06. The van der Waals surface area contributed by atoms with Gasteiger partial charge in [0.2, 0.25) is 11.8 Å². The molecule has 3 aromatic rings. The van der Waals surface area contributed by atoms with Crippen LogP contribution in [0.15, 0.2) is 40.8 Å². The van der Waals surface area contributed by atoms with Gasteiger partial charge in [-0.2, -0.15) is 13.2 Å². The number of benzene rings is 2. The molecule has 2 aromatic carbocycles. The molecule has 1 aliphatic rings. The number of amides is 1. The highest BCUT2D eigenvalue weighted by Crippen LogP contribution is 2.32. The monoisotopic (exact) mass is 549 g/mol. The van der Waals surface area contributed by atoms with E-state index < -0.39 is 51.3 Å². The molecule has 2 heterocycles. The van der Waals surface area contributed by atoms with Crippen LogP contribution in [0.1, 0.15) is 24.3 Å². The number of hydrogen-bond donors (Lipinski definition) is 0. The van der Waals surface area contributed by atoms with Gasteiger partial charge < -0.3 is 9.32 Å². The van der Waals surface area contributed by atoms with Crippen LogP contribution in [-0.4, -0.2) is 36.0 Å². The molecule has 0 bridgehead atoms. The minimum Gasteiger partial charge on any atom is -0.413 e. The van der Waals surface area contributed by atoms with Gasteiger partial charge in [-0.25, -0.2) is 17.2 Å². The maximum absolute atomic E-state index is 15.0. The molecule has 0 saturated carbocycles. The summed E-state index contributed by atoms with van der Waals surface area (Å²) in [6.07, 6.45) is -4.71. The van der Waals surface area contributed by atoms with Gasteiger partial charge in [0.25, 0.3) is 0 Å². The number of rotatable bonds is 5. The van der Waals surface area contributed by atoms with Gasteiger partial charge in [-0.15, -0.1) is 10.2 Å². The van der Waals surface area contributed by atoms with Crippen molar-refractivity contribution in [3.05, 3.63) is 64.5 Å². The van der Waals surface area contributed by atoms with E-state index in [2.05, 4.69) is 14.6 Å². The molecule has 1 fully saturated rings. The number of carbonyl (C=O) groups excluding carboxylic acids is 1. The highest BCUT2D eigenvalue weighted by molar-refractivity contribution is 7.91. The first kappa shape index (κ1) is 26.0. The third-order valence-corrected chi connectivity index (χ3v) is 7.69. The molecule has 7 nitrogen and oxygen atoms in total. The van der Waals surface area contributed by atoms with Crippen LogP contribution in [-0.2, 0) is 27.4 Å². The van der Waals surface area contributed by atoms with Crippen molar-refractivity contribution in [3.63, 3.8) is 0 Å². The number of halogens is 6. The maximum Gasteiger partial charge on any atom is 0.470 e. The molecule has 36 heavy (non-hydrogen) atoms. The van der Waals surface area contributed by atoms with E-state index in [0.717, 1.165) is 12.1 Å². The number of nitrogens with zero attached hydrogens (tertiary/aromatic N) is 3. The summed E-state index contributed by atoms with van der Waals surface area (Å²) in [6.45, 7) is -0.339. The minimum atomic E-state index is -4.86. The molecule has 192 valence electrons. The Balaban J connectivity index is 1.63. The second kappa shape index (κ2) is 9.77. The largest absolute Gasteiger partial charge is 0.470 e. The molecular formula is C22H17ClF5N3O4S. The van der Waals surface area contributed by atoms with E-state index in [-0.39, 0.29) is 52.7 Å². The Morgan fingerprint density at radius 2 is 1.75 bits per heavy atom. The molecule has 4 rings (SSSR count). The molecule has 0 spiro atoms. The molecule has 0 unspecified atom stereocenters. The van der Waals surface area contributed by atoms with Crippen molar-refractivity contribution in [2.75, 3.05) is 16.4 Å². The van der Waals surface area contributed by atoms with E-state index in [4.69, 9.17) is 11.6 Å². The Labute approximate surface area is 206 Å². The molecule has 0 aliphatic carbocycles. The fraction of sp³-hybridized carbons (Fsp3) is 0.318. The molecule has 14 heteroatoms. The zero-order valence-electron chi connectivity index (χ0n) is 18.2. The number of hydrogen-bond acceptors (Lipinski definition) is 6. The Morgan fingerprint density at radius 1 is 1.06 bits per heavy atom.